The van der Waals surface area contributed by atoms with Gasteiger partial charge in [-0.05, 0) is 80.8 Å². The molecule has 3 fully saturated rings. The molecule has 0 aromatic heterocycles. The summed E-state index contributed by atoms with van der Waals surface area (Å²) in [4.78, 5) is 15.0. The van der Waals surface area contributed by atoms with Crippen LogP contribution in [0.3, 0.4) is 0 Å². The zero-order valence-electron chi connectivity index (χ0n) is 17.2. The number of rotatable bonds is 6. The Balaban J connectivity index is 1.35. The maximum absolute atomic E-state index is 14.8. The van der Waals surface area contributed by atoms with Gasteiger partial charge in [0.15, 0.2) is 0 Å². The van der Waals surface area contributed by atoms with E-state index in [0.717, 1.165) is 57.3 Å². The molecular formula is C23H31FN4O. The van der Waals surface area contributed by atoms with E-state index in [0.29, 0.717) is 23.4 Å². The number of fused-ring (bicyclic) bond motifs is 2. The molecule has 4 unspecified atom stereocenters. The van der Waals surface area contributed by atoms with Crippen LogP contribution >= 0.6 is 0 Å². The van der Waals surface area contributed by atoms with E-state index in [-0.39, 0.29) is 24.2 Å². The number of hydrogen-bond acceptors (Lipinski definition) is 4. The van der Waals surface area contributed by atoms with Crippen LogP contribution in [0.4, 0.5) is 4.39 Å². The van der Waals surface area contributed by atoms with E-state index in [2.05, 4.69) is 28.5 Å². The Hall–Kier alpha value is -1.97. The predicted molar refractivity (Wildman–Crippen MR) is 110 cm³/mol. The van der Waals surface area contributed by atoms with Gasteiger partial charge in [0.2, 0.25) is 5.91 Å². The first-order valence-electron chi connectivity index (χ1n) is 11.0. The molecule has 0 radical (unpaired) electrons. The molecule has 1 saturated carbocycles. The fraction of sp³-hybridized carbons (Fsp3) is 0.652. The average Bonchev–Trinajstić information content (AvgIpc) is 3.38. The number of nitrogens with zero attached hydrogens (tertiary/aromatic N) is 2. The summed E-state index contributed by atoms with van der Waals surface area (Å²) >= 11 is 0. The minimum absolute atomic E-state index is 0.122. The van der Waals surface area contributed by atoms with Crippen molar-refractivity contribution in [2.45, 2.75) is 69.5 Å². The molecule has 29 heavy (non-hydrogen) atoms. The van der Waals surface area contributed by atoms with E-state index < -0.39 is 6.04 Å². The number of piperidine rings is 2. The summed E-state index contributed by atoms with van der Waals surface area (Å²) in [5, 5.41) is 15.7. The van der Waals surface area contributed by atoms with E-state index in [9.17, 15) is 14.4 Å². The number of hydrogen-bond donors (Lipinski definition) is 2. The second-order valence-electron chi connectivity index (χ2n) is 8.87. The Bertz CT molecular complexity index is 784. The number of nitrogens with one attached hydrogen (secondary N) is 2. The lowest BCUT2D eigenvalue weighted by Crippen LogP contribution is -2.50. The quantitative estimate of drug-likeness (QED) is 0.773. The first kappa shape index (κ1) is 20.3. The van der Waals surface area contributed by atoms with Gasteiger partial charge in [0.25, 0.3) is 0 Å². The van der Waals surface area contributed by atoms with E-state index in [1.165, 1.54) is 0 Å². The Labute approximate surface area is 172 Å². The Kier molecular flexibility index (Phi) is 6.17. The fourth-order valence-electron chi connectivity index (χ4n) is 5.33. The van der Waals surface area contributed by atoms with Crippen LogP contribution in [0, 0.1) is 23.1 Å². The lowest BCUT2D eigenvalue weighted by Gasteiger charge is -2.31. The number of likely N-dealkylation sites (tertiary alicyclic amines) is 1. The topological polar surface area (TPSA) is 68.2 Å². The summed E-state index contributed by atoms with van der Waals surface area (Å²) in [5.74, 6) is 0.377. The highest BCUT2D eigenvalue weighted by atomic mass is 19.1. The monoisotopic (exact) mass is 398 g/mol. The summed E-state index contributed by atoms with van der Waals surface area (Å²) in [6.07, 6.45) is 5.55. The van der Waals surface area contributed by atoms with Crippen molar-refractivity contribution in [2.75, 3.05) is 19.6 Å². The minimum atomic E-state index is -0.712. The number of carbonyl (C=O) groups excluding carboxylic acids is 1. The van der Waals surface area contributed by atoms with Crippen LogP contribution in [-0.4, -0.2) is 48.6 Å². The second kappa shape index (κ2) is 8.81. The molecule has 1 aliphatic carbocycles. The van der Waals surface area contributed by atoms with Crippen LogP contribution in [-0.2, 0) is 11.2 Å². The summed E-state index contributed by atoms with van der Waals surface area (Å²) in [6, 6.07) is 7.08. The van der Waals surface area contributed by atoms with Crippen LogP contribution in [0.5, 0.6) is 0 Å². The van der Waals surface area contributed by atoms with Gasteiger partial charge in [0, 0.05) is 12.5 Å². The number of carbonyl (C=O) groups is 1. The summed E-state index contributed by atoms with van der Waals surface area (Å²) in [5.41, 5.74) is 1.54. The van der Waals surface area contributed by atoms with E-state index in [1.807, 2.05) is 6.07 Å². The molecule has 1 aromatic carbocycles. The Morgan fingerprint density at radius 3 is 2.72 bits per heavy atom. The number of amides is 1. The van der Waals surface area contributed by atoms with Gasteiger partial charge in [0.05, 0.1) is 12.1 Å². The zero-order chi connectivity index (χ0) is 20.4. The van der Waals surface area contributed by atoms with Crippen molar-refractivity contribution in [1.82, 2.24) is 15.5 Å². The maximum Gasteiger partial charge on any atom is 0.238 e. The highest BCUT2D eigenvalue weighted by Crippen LogP contribution is 2.35. The molecule has 3 aliphatic rings. The van der Waals surface area contributed by atoms with Crippen molar-refractivity contribution < 1.29 is 9.18 Å². The largest absolute Gasteiger partial charge is 0.339 e. The minimum Gasteiger partial charge on any atom is -0.339 e. The van der Waals surface area contributed by atoms with Gasteiger partial charge in [0.1, 0.15) is 11.9 Å². The van der Waals surface area contributed by atoms with Gasteiger partial charge < -0.3 is 15.5 Å². The van der Waals surface area contributed by atoms with Gasteiger partial charge in [-0.25, -0.2) is 4.39 Å². The second-order valence-corrected chi connectivity index (χ2v) is 8.87. The smallest absolute Gasteiger partial charge is 0.238 e. The first-order chi connectivity index (χ1) is 14.1. The molecule has 2 bridgehead atoms. The lowest BCUT2D eigenvalue weighted by atomic mass is 9.88. The Morgan fingerprint density at radius 1 is 1.34 bits per heavy atom. The van der Waals surface area contributed by atoms with Crippen LogP contribution < -0.4 is 10.6 Å². The van der Waals surface area contributed by atoms with Crippen molar-refractivity contribution >= 4 is 5.91 Å². The molecular weight excluding hydrogens is 367 g/mol. The van der Waals surface area contributed by atoms with Crippen molar-refractivity contribution in [3.05, 3.63) is 35.1 Å². The standard InChI is InChI=1S/C23H31FN4O/c1-2-28-9-7-15(8-10-28)16-3-4-17(21(24)13-16)11-20(14-25)27-23(29)22-18-5-6-19(12-18)26-22/h3-4,13,15,18-20,22,26H,2,5-12H2,1H3,(H,27,29). The fourth-order valence-corrected chi connectivity index (χ4v) is 5.33. The van der Waals surface area contributed by atoms with Gasteiger partial charge in [-0.1, -0.05) is 19.1 Å². The van der Waals surface area contributed by atoms with E-state index in [1.54, 1.807) is 12.1 Å². The molecule has 1 amide bonds. The number of halogens is 1. The van der Waals surface area contributed by atoms with Crippen LogP contribution in [0.2, 0.25) is 0 Å². The third kappa shape index (κ3) is 4.46. The van der Waals surface area contributed by atoms with Crippen molar-refractivity contribution in [2.24, 2.45) is 5.92 Å². The molecule has 5 nitrogen and oxygen atoms in total. The zero-order valence-corrected chi connectivity index (χ0v) is 17.2. The maximum atomic E-state index is 14.8. The van der Waals surface area contributed by atoms with Crippen LogP contribution in [0.15, 0.2) is 18.2 Å². The van der Waals surface area contributed by atoms with E-state index in [4.69, 9.17) is 0 Å². The van der Waals surface area contributed by atoms with Gasteiger partial charge >= 0.3 is 0 Å². The number of nitriles is 1. The van der Waals surface area contributed by atoms with Gasteiger partial charge in [-0.3, -0.25) is 4.79 Å². The van der Waals surface area contributed by atoms with Crippen molar-refractivity contribution in [3.8, 4) is 6.07 Å². The molecule has 2 saturated heterocycles. The van der Waals surface area contributed by atoms with Crippen molar-refractivity contribution in [3.63, 3.8) is 0 Å². The molecule has 2 N–H and O–H groups in total. The molecule has 4 atom stereocenters. The molecule has 156 valence electrons. The summed E-state index contributed by atoms with van der Waals surface area (Å²) < 4.78 is 14.8. The third-order valence-corrected chi connectivity index (χ3v) is 7.12. The van der Waals surface area contributed by atoms with Crippen LogP contribution in [0.25, 0.3) is 0 Å². The summed E-state index contributed by atoms with van der Waals surface area (Å²) in [6.45, 7) is 5.36. The Morgan fingerprint density at radius 2 is 2.14 bits per heavy atom. The van der Waals surface area contributed by atoms with E-state index >= 15 is 0 Å². The van der Waals surface area contributed by atoms with Gasteiger partial charge in [-0.2, -0.15) is 5.26 Å². The SMILES string of the molecule is CCN1CCC(c2ccc(CC(C#N)NC(=O)C3NC4CCC3C4)c(F)c2)CC1. The highest BCUT2D eigenvalue weighted by molar-refractivity contribution is 5.83. The van der Waals surface area contributed by atoms with Gasteiger partial charge in [-0.15, -0.1) is 0 Å². The molecule has 2 heterocycles. The highest BCUT2D eigenvalue weighted by Gasteiger charge is 2.43. The average molecular weight is 399 g/mol. The molecule has 6 heteroatoms. The first-order valence-corrected chi connectivity index (χ1v) is 11.0. The number of benzene rings is 1. The molecule has 4 rings (SSSR count). The third-order valence-electron chi connectivity index (χ3n) is 7.12. The normalized spacial score (nSPS) is 28.2. The summed E-state index contributed by atoms with van der Waals surface area (Å²) in [7, 11) is 0. The van der Waals surface area contributed by atoms with Crippen molar-refractivity contribution in [1.29, 1.82) is 5.26 Å². The molecule has 1 aromatic rings. The van der Waals surface area contributed by atoms with Crippen LogP contribution in [0.1, 0.15) is 56.1 Å². The molecule has 0 spiro atoms. The lowest BCUT2D eigenvalue weighted by molar-refractivity contribution is -0.124. The predicted octanol–water partition coefficient (Wildman–Crippen LogP) is 2.72. The molecule has 2 aliphatic heterocycles.